The lowest BCUT2D eigenvalue weighted by molar-refractivity contribution is -0.142. The van der Waals surface area contributed by atoms with Crippen molar-refractivity contribution in [1.82, 2.24) is 5.32 Å². The van der Waals surface area contributed by atoms with Crippen LogP contribution in [0.4, 0.5) is 0 Å². The first-order valence-corrected chi connectivity index (χ1v) is 6.17. The number of aliphatic carboxylic acids is 1. The summed E-state index contributed by atoms with van der Waals surface area (Å²) in [6, 6.07) is 7.69. The molecule has 0 saturated carbocycles. The number of carbonyl (C=O) groups is 1. The molecular formula is C14H21NO3. The van der Waals surface area contributed by atoms with Crippen molar-refractivity contribution in [3.05, 3.63) is 29.8 Å². The molecule has 4 heteroatoms. The Morgan fingerprint density at radius 3 is 2.78 bits per heavy atom. The number of hydrogen-bond acceptors (Lipinski definition) is 3. The third kappa shape index (κ3) is 4.04. The van der Waals surface area contributed by atoms with Crippen LogP contribution in [0.1, 0.15) is 25.8 Å². The highest BCUT2D eigenvalue weighted by Gasteiger charge is 2.21. The Hall–Kier alpha value is -1.55. The smallest absolute Gasteiger partial charge is 0.308 e. The third-order valence-electron chi connectivity index (χ3n) is 3.12. The number of ether oxygens (including phenoxy) is 1. The Kier molecular flexibility index (Phi) is 5.65. The molecule has 1 aromatic rings. The maximum atomic E-state index is 11.0. The van der Waals surface area contributed by atoms with Gasteiger partial charge in [-0.25, -0.2) is 0 Å². The summed E-state index contributed by atoms with van der Waals surface area (Å²) >= 11 is 0. The molecule has 1 aromatic carbocycles. The standard InChI is InChI=1S/C14H21NO3/c1-4-13(14(16)17)10(2)15-9-11-6-5-7-12(8-11)18-3/h5-8,10,13,15H,4,9H2,1-3H3,(H,16,17). The van der Waals surface area contributed by atoms with E-state index in [9.17, 15) is 4.79 Å². The van der Waals surface area contributed by atoms with Crippen molar-refractivity contribution >= 4 is 5.97 Å². The largest absolute Gasteiger partial charge is 0.497 e. The highest BCUT2D eigenvalue weighted by Crippen LogP contribution is 2.14. The Bertz CT molecular complexity index is 392. The lowest BCUT2D eigenvalue weighted by Crippen LogP contribution is -2.37. The van der Waals surface area contributed by atoms with Crippen LogP contribution < -0.4 is 10.1 Å². The molecule has 0 fully saturated rings. The van der Waals surface area contributed by atoms with Crippen molar-refractivity contribution < 1.29 is 14.6 Å². The first-order valence-electron chi connectivity index (χ1n) is 6.17. The Morgan fingerprint density at radius 1 is 1.50 bits per heavy atom. The zero-order valence-corrected chi connectivity index (χ0v) is 11.1. The van der Waals surface area contributed by atoms with E-state index in [0.29, 0.717) is 13.0 Å². The third-order valence-corrected chi connectivity index (χ3v) is 3.12. The molecule has 0 radical (unpaired) electrons. The van der Waals surface area contributed by atoms with Crippen LogP contribution in [0.5, 0.6) is 5.75 Å². The summed E-state index contributed by atoms with van der Waals surface area (Å²) in [5.74, 6) is -0.286. The highest BCUT2D eigenvalue weighted by atomic mass is 16.5. The molecule has 18 heavy (non-hydrogen) atoms. The van der Waals surface area contributed by atoms with Gasteiger partial charge in [0.2, 0.25) is 0 Å². The minimum atomic E-state index is -0.747. The van der Waals surface area contributed by atoms with Gasteiger partial charge in [0.15, 0.2) is 0 Å². The molecule has 1 rings (SSSR count). The first-order chi connectivity index (χ1) is 8.58. The topological polar surface area (TPSA) is 58.6 Å². The number of hydrogen-bond donors (Lipinski definition) is 2. The maximum Gasteiger partial charge on any atom is 0.308 e. The molecule has 0 spiro atoms. The molecular weight excluding hydrogens is 230 g/mol. The first kappa shape index (κ1) is 14.5. The van der Waals surface area contributed by atoms with E-state index in [1.165, 1.54) is 0 Å². The molecule has 0 aliphatic carbocycles. The van der Waals surface area contributed by atoms with Gasteiger partial charge in [0.1, 0.15) is 5.75 Å². The van der Waals surface area contributed by atoms with Crippen LogP contribution in [0.3, 0.4) is 0 Å². The molecule has 2 unspecified atom stereocenters. The van der Waals surface area contributed by atoms with Gasteiger partial charge in [-0.15, -0.1) is 0 Å². The predicted molar refractivity (Wildman–Crippen MR) is 70.7 cm³/mol. The van der Waals surface area contributed by atoms with Gasteiger partial charge < -0.3 is 15.2 Å². The second-order valence-electron chi connectivity index (χ2n) is 4.37. The molecule has 0 bridgehead atoms. The quantitative estimate of drug-likeness (QED) is 0.780. The normalized spacial score (nSPS) is 13.9. The average molecular weight is 251 g/mol. The minimum Gasteiger partial charge on any atom is -0.497 e. The van der Waals surface area contributed by atoms with Gasteiger partial charge in [0.05, 0.1) is 13.0 Å². The van der Waals surface area contributed by atoms with E-state index in [2.05, 4.69) is 5.32 Å². The molecule has 0 aromatic heterocycles. The summed E-state index contributed by atoms with van der Waals surface area (Å²) < 4.78 is 5.15. The maximum absolute atomic E-state index is 11.0. The van der Waals surface area contributed by atoms with E-state index >= 15 is 0 Å². The van der Waals surface area contributed by atoms with Crippen molar-refractivity contribution in [2.45, 2.75) is 32.9 Å². The van der Waals surface area contributed by atoms with Crippen LogP contribution in [0.15, 0.2) is 24.3 Å². The summed E-state index contributed by atoms with van der Waals surface area (Å²) in [6.45, 7) is 4.44. The molecule has 4 nitrogen and oxygen atoms in total. The predicted octanol–water partition coefficient (Wildman–Crippen LogP) is 2.28. The fourth-order valence-corrected chi connectivity index (χ4v) is 1.95. The minimum absolute atomic E-state index is 0.0568. The van der Waals surface area contributed by atoms with E-state index in [1.807, 2.05) is 38.1 Å². The Labute approximate surface area is 108 Å². The molecule has 2 atom stereocenters. The number of carboxylic acids is 1. The van der Waals surface area contributed by atoms with E-state index in [1.54, 1.807) is 7.11 Å². The summed E-state index contributed by atoms with van der Waals surface area (Å²) in [7, 11) is 1.63. The number of nitrogens with one attached hydrogen (secondary N) is 1. The second kappa shape index (κ2) is 7.01. The lowest BCUT2D eigenvalue weighted by Gasteiger charge is -2.20. The van der Waals surface area contributed by atoms with Crippen molar-refractivity contribution in [2.24, 2.45) is 5.92 Å². The highest BCUT2D eigenvalue weighted by molar-refractivity contribution is 5.70. The number of rotatable bonds is 7. The van der Waals surface area contributed by atoms with Gasteiger partial charge in [0, 0.05) is 12.6 Å². The van der Waals surface area contributed by atoms with Gasteiger partial charge in [-0.05, 0) is 31.0 Å². The van der Waals surface area contributed by atoms with E-state index in [0.717, 1.165) is 11.3 Å². The monoisotopic (exact) mass is 251 g/mol. The van der Waals surface area contributed by atoms with Crippen molar-refractivity contribution in [3.63, 3.8) is 0 Å². The van der Waals surface area contributed by atoms with E-state index in [4.69, 9.17) is 9.84 Å². The van der Waals surface area contributed by atoms with Crippen molar-refractivity contribution in [2.75, 3.05) is 7.11 Å². The molecule has 0 aliphatic rings. The van der Waals surface area contributed by atoms with Gasteiger partial charge in [-0.2, -0.15) is 0 Å². The fraction of sp³-hybridized carbons (Fsp3) is 0.500. The molecule has 100 valence electrons. The van der Waals surface area contributed by atoms with Crippen LogP contribution >= 0.6 is 0 Å². The molecule has 2 N–H and O–H groups in total. The number of methoxy groups -OCH3 is 1. The van der Waals surface area contributed by atoms with Gasteiger partial charge >= 0.3 is 5.97 Å². The van der Waals surface area contributed by atoms with Gasteiger partial charge in [-0.3, -0.25) is 4.79 Å². The summed E-state index contributed by atoms with van der Waals surface area (Å²) in [4.78, 5) is 11.0. The van der Waals surface area contributed by atoms with Crippen LogP contribution in [-0.2, 0) is 11.3 Å². The number of benzene rings is 1. The van der Waals surface area contributed by atoms with Crippen LogP contribution in [0, 0.1) is 5.92 Å². The second-order valence-corrected chi connectivity index (χ2v) is 4.37. The average Bonchev–Trinajstić information content (AvgIpc) is 2.37. The summed E-state index contributed by atoms with van der Waals surface area (Å²) in [5, 5.41) is 12.3. The summed E-state index contributed by atoms with van der Waals surface area (Å²) in [6.07, 6.45) is 0.627. The molecule has 0 heterocycles. The fourth-order valence-electron chi connectivity index (χ4n) is 1.95. The SMILES string of the molecule is CCC(C(=O)O)C(C)NCc1cccc(OC)c1. The zero-order chi connectivity index (χ0) is 13.5. The van der Waals surface area contributed by atoms with Crippen LogP contribution in [0.2, 0.25) is 0 Å². The molecule has 0 saturated heterocycles. The van der Waals surface area contributed by atoms with Gasteiger partial charge in [-0.1, -0.05) is 19.1 Å². The van der Waals surface area contributed by atoms with E-state index < -0.39 is 5.97 Å². The van der Waals surface area contributed by atoms with Crippen molar-refractivity contribution in [3.8, 4) is 5.75 Å². The van der Waals surface area contributed by atoms with Gasteiger partial charge in [0.25, 0.3) is 0 Å². The van der Waals surface area contributed by atoms with E-state index in [-0.39, 0.29) is 12.0 Å². The Morgan fingerprint density at radius 2 is 2.22 bits per heavy atom. The molecule has 0 aliphatic heterocycles. The summed E-state index contributed by atoms with van der Waals surface area (Å²) in [5.41, 5.74) is 1.08. The lowest BCUT2D eigenvalue weighted by atomic mass is 9.98. The molecule has 0 amide bonds. The van der Waals surface area contributed by atoms with Crippen molar-refractivity contribution in [1.29, 1.82) is 0 Å². The number of carboxylic acid groups (broad SMARTS) is 1. The zero-order valence-electron chi connectivity index (χ0n) is 11.1. The van der Waals surface area contributed by atoms with Crippen LogP contribution in [0.25, 0.3) is 0 Å². The van der Waals surface area contributed by atoms with Crippen LogP contribution in [-0.4, -0.2) is 24.2 Å². The Balaban J connectivity index is 2.55.